The molecule has 0 radical (unpaired) electrons. The first kappa shape index (κ1) is 20.0. The van der Waals surface area contributed by atoms with Gasteiger partial charge >= 0.3 is 6.09 Å². The molecule has 3 N–H and O–H groups in total. The van der Waals surface area contributed by atoms with E-state index >= 15 is 0 Å². The number of rotatable bonds is 7. The highest BCUT2D eigenvalue weighted by Crippen LogP contribution is 2.36. The molecule has 30 heavy (non-hydrogen) atoms. The summed E-state index contributed by atoms with van der Waals surface area (Å²) in [5.74, 6) is 1.46. The number of ether oxygens (including phenoxy) is 3. The van der Waals surface area contributed by atoms with Gasteiger partial charge in [-0.1, -0.05) is 0 Å². The van der Waals surface area contributed by atoms with Crippen LogP contribution in [0, 0.1) is 0 Å². The number of hydrogen-bond acceptors (Lipinski definition) is 7. The van der Waals surface area contributed by atoms with Gasteiger partial charge in [-0.3, -0.25) is 9.69 Å². The average molecular weight is 415 g/mol. The summed E-state index contributed by atoms with van der Waals surface area (Å²) in [5, 5.41) is 3.05. The minimum absolute atomic E-state index is 0.117. The summed E-state index contributed by atoms with van der Waals surface area (Å²) in [6, 6.07) is 4.92. The summed E-state index contributed by atoms with van der Waals surface area (Å²) in [6.45, 7) is 3.58. The first-order valence-electron chi connectivity index (χ1n) is 9.83. The third-order valence-electron chi connectivity index (χ3n) is 5.25. The number of nitrogens with zero attached hydrogens (tertiary/aromatic N) is 3. The second-order valence-electron chi connectivity index (χ2n) is 7.33. The first-order chi connectivity index (χ1) is 14.5. The summed E-state index contributed by atoms with van der Waals surface area (Å²) in [5.41, 5.74) is 6.86. The van der Waals surface area contributed by atoms with E-state index in [0.717, 1.165) is 11.3 Å². The van der Waals surface area contributed by atoms with Crippen molar-refractivity contribution in [3.63, 3.8) is 0 Å². The summed E-state index contributed by atoms with van der Waals surface area (Å²) in [7, 11) is 1.63. The topological polar surface area (TPSA) is 121 Å². The van der Waals surface area contributed by atoms with Crippen molar-refractivity contribution in [2.24, 2.45) is 5.73 Å². The van der Waals surface area contributed by atoms with Crippen LogP contribution in [-0.4, -0.2) is 60.6 Å². The fraction of sp³-hybridized carbons (Fsp3) is 0.450. The van der Waals surface area contributed by atoms with Crippen molar-refractivity contribution < 1.29 is 23.8 Å². The van der Waals surface area contributed by atoms with Gasteiger partial charge in [0.25, 0.3) is 0 Å². The lowest BCUT2D eigenvalue weighted by Gasteiger charge is -2.18. The van der Waals surface area contributed by atoms with Gasteiger partial charge in [0.15, 0.2) is 5.82 Å². The Morgan fingerprint density at radius 1 is 1.43 bits per heavy atom. The van der Waals surface area contributed by atoms with Crippen molar-refractivity contribution in [3.8, 4) is 17.1 Å². The minimum atomic E-state index is -0.507. The Hall–Kier alpha value is -3.27. The number of benzene rings is 1. The monoisotopic (exact) mass is 415 g/mol. The van der Waals surface area contributed by atoms with Crippen molar-refractivity contribution >= 4 is 23.5 Å². The zero-order chi connectivity index (χ0) is 21.3. The Morgan fingerprint density at radius 2 is 2.27 bits per heavy atom. The van der Waals surface area contributed by atoms with Crippen LogP contribution in [0.1, 0.15) is 13.3 Å². The third-order valence-corrected chi connectivity index (χ3v) is 5.25. The van der Waals surface area contributed by atoms with Crippen LogP contribution < -0.4 is 20.7 Å². The molecular formula is C20H25N5O5. The van der Waals surface area contributed by atoms with E-state index < -0.39 is 18.0 Å². The Bertz CT molecular complexity index is 959. The number of primary amides is 1. The largest absolute Gasteiger partial charge is 0.491 e. The van der Waals surface area contributed by atoms with Gasteiger partial charge in [0.05, 0.1) is 18.2 Å². The lowest BCUT2D eigenvalue weighted by atomic mass is 10.1. The number of amides is 2. The second-order valence-corrected chi connectivity index (χ2v) is 7.33. The lowest BCUT2D eigenvalue weighted by molar-refractivity contribution is -0.118. The minimum Gasteiger partial charge on any atom is -0.491 e. The van der Waals surface area contributed by atoms with Gasteiger partial charge in [0.1, 0.15) is 30.8 Å². The van der Waals surface area contributed by atoms with Gasteiger partial charge in [-0.25, -0.2) is 9.78 Å². The van der Waals surface area contributed by atoms with E-state index in [9.17, 15) is 9.59 Å². The molecule has 2 aliphatic rings. The second kappa shape index (κ2) is 8.23. The number of carbonyl (C=O) groups excluding carboxylic acids is 2. The molecule has 1 aromatic carbocycles. The summed E-state index contributed by atoms with van der Waals surface area (Å²) >= 11 is 0. The van der Waals surface area contributed by atoms with E-state index in [-0.39, 0.29) is 6.04 Å². The maximum atomic E-state index is 12.3. The highest BCUT2D eigenvalue weighted by atomic mass is 16.6. The average Bonchev–Trinajstić information content (AvgIpc) is 3.25. The number of nitrogens with one attached hydrogen (secondary N) is 1. The number of imidazole rings is 1. The molecule has 1 unspecified atom stereocenters. The third kappa shape index (κ3) is 3.78. The van der Waals surface area contributed by atoms with Crippen LogP contribution >= 0.6 is 0 Å². The van der Waals surface area contributed by atoms with Crippen LogP contribution in [0.3, 0.4) is 0 Å². The number of cyclic esters (lactones) is 1. The summed E-state index contributed by atoms with van der Waals surface area (Å²) in [6.07, 6.45) is 2.11. The van der Waals surface area contributed by atoms with Crippen LogP contribution in [0.4, 0.5) is 16.3 Å². The predicted octanol–water partition coefficient (Wildman–Crippen LogP) is 1.59. The molecule has 3 heterocycles. The molecule has 2 aliphatic heterocycles. The molecule has 0 aliphatic carbocycles. The molecule has 10 heteroatoms. The van der Waals surface area contributed by atoms with Crippen molar-refractivity contribution in [1.82, 2.24) is 9.55 Å². The van der Waals surface area contributed by atoms with Crippen molar-refractivity contribution in [2.45, 2.75) is 32.0 Å². The number of fused-ring (bicyclic) bond motifs is 3. The van der Waals surface area contributed by atoms with Crippen molar-refractivity contribution in [1.29, 1.82) is 0 Å². The van der Waals surface area contributed by atoms with Crippen LogP contribution in [0.15, 0.2) is 24.4 Å². The zero-order valence-electron chi connectivity index (χ0n) is 17.0. The van der Waals surface area contributed by atoms with Crippen LogP contribution in [0.2, 0.25) is 0 Å². The predicted molar refractivity (Wildman–Crippen MR) is 110 cm³/mol. The molecule has 0 saturated carbocycles. The lowest BCUT2D eigenvalue weighted by Crippen LogP contribution is -2.34. The molecule has 1 aromatic heterocycles. The molecular weight excluding hydrogens is 390 g/mol. The van der Waals surface area contributed by atoms with E-state index in [1.165, 1.54) is 0 Å². The maximum Gasteiger partial charge on any atom is 0.415 e. The quantitative estimate of drug-likeness (QED) is 0.704. The Balaban J connectivity index is 1.64. The first-order valence-corrected chi connectivity index (χ1v) is 9.83. The highest BCUT2D eigenvalue weighted by molar-refractivity contribution is 5.89. The van der Waals surface area contributed by atoms with Crippen LogP contribution in [-0.2, 0) is 20.8 Å². The molecule has 10 nitrogen and oxygen atoms in total. The molecule has 2 aromatic rings. The number of methoxy groups -OCH3 is 1. The maximum absolute atomic E-state index is 12.3. The summed E-state index contributed by atoms with van der Waals surface area (Å²) < 4.78 is 18.3. The van der Waals surface area contributed by atoms with Gasteiger partial charge in [-0.05, 0) is 25.5 Å². The molecule has 4 rings (SSSR count). The standard InChI is InChI=1S/C20H25N5O5/c1-12(18(21)26)22-13-3-4-15-16(9-13)29-8-6-24-10-17(23-19(15)24)25-14(5-7-28-2)11-30-20(25)27/h3-4,9-10,12,14,22H,5-8,11H2,1-2H3,(H2,21,26)/t12?,14-/m1/s1. The number of nitrogens with two attached hydrogens (primary N) is 1. The molecule has 0 spiro atoms. The zero-order valence-corrected chi connectivity index (χ0v) is 17.0. The Morgan fingerprint density at radius 3 is 3.03 bits per heavy atom. The van der Waals surface area contributed by atoms with Crippen LogP contribution in [0.25, 0.3) is 11.4 Å². The highest BCUT2D eigenvalue weighted by Gasteiger charge is 2.36. The van der Waals surface area contributed by atoms with Gasteiger partial charge in [-0.15, -0.1) is 0 Å². The van der Waals surface area contributed by atoms with Crippen molar-refractivity contribution in [2.75, 3.05) is 37.1 Å². The number of hydrogen-bond donors (Lipinski definition) is 2. The smallest absolute Gasteiger partial charge is 0.415 e. The van der Waals surface area contributed by atoms with Gasteiger partial charge in [0, 0.05) is 31.7 Å². The number of anilines is 2. The molecule has 0 bridgehead atoms. The molecule has 1 fully saturated rings. The normalized spacial score (nSPS) is 18.7. The Kier molecular flexibility index (Phi) is 5.49. The van der Waals surface area contributed by atoms with E-state index in [1.807, 2.05) is 29.0 Å². The SMILES string of the molecule is COCC[C@@H]1COC(=O)N1c1cn2c(n1)-c1ccc(NC(C)C(N)=O)cc1OCC2. The fourth-order valence-electron chi connectivity index (χ4n) is 3.60. The van der Waals surface area contributed by atoms with E-state index in [2.05, 4.69) is 5.32 Å². The molecule has 2 atom stereocenters. The van der Waals surface area contributed by atoms with E-state index in [1.54, 1.807) is 18.9 Å². The number of aromatic nitrogens is 2. The molecule has 160 valence electrons. The molecule has 1 saturated heterocycles. The van der Waals surface area contributed by atoms with Crippen molar-refractivity contribution in [3.05, 3.63) is 24.4 Å². The van der Waals surface area contributed by atoms with Crippen LogP contribution in [0.5, 0.6) is 5.75 Å². The summed E-state index contributed by atoms with van der Waals surface area (Å²) in [4.78, 5) is 30.0. The van der Waals surface area contributed by atoms with E-state index in [0.29, 0.717) is 50.2 Å². The van der Waals surface area contributed by atoms with E-state index in [4.69, 9.17) is 24.9 Å². The van der Waals surface area contributed by atoms with Gasteiger partial charge < -0.3 is 29.8 Å². The number of carbonyl (C=O) groups is 2. The fourth-order valence-corrected chi connectivity index (χ4v) is 3.60. The molecule has 2 amide bonds. The Labute approximate surface area is 173 Å². The van der Waals surface area contributed by atoms with Gasteiger partial charge in [-0.2, -0.15) is 0 Å². The van der Waals surface area contributed by atoms with Gasteiger partial charge in [0.2, 0.25) is 5.91 Å².